The van der Waals surface area contributed by atoms with Crippen molar-refractivity contribution in [1.82, 2.24) is 14.7 Å². The molecular formula is C15H22ClN3O3. The van der Waals surface area contributed by atoms with Gasteiger partial charge in [0.05, 0.1) is 17.7 Å². The molecule has 0 aliphatic carbocycles. The number of aryl methyl sites for hydroxylation is 1. The van der Waals surface area contributed by atoms with Crippen LogP contribution in [0.5, 0.6) is 0 Å². The highest BCUT2D eigenvalue weighted by Crippen LogP contribution is 2.41. The lowest BCUT2D eigenvalue weighted by Gasteiger charge is -2.48. The first-order valence-electron chi connectivity index (χ1n) is 7.73. The zero-order valence-electron chi connectivity index (χ0n) is 12.8. The van der Waals surface area contributed by atoms with Crippen LogP contribution in [0.3, 0.4) is 0 Å². The molecule has 1 N–H and O–H groups in total. The predicted octanol–water partition coefficient (Wildman–Crippen LogP) is 1.47. The number of rotatable bonds is 2. The SMILES string of the molecule is Cn1cc(Cl)c(C(=O)N2CC3(CCOCC3)CCC2CO)n1. The fourth-order valence-electron chi connectivity index (χ4n) is 3.58. The Balaban J connectivity index is 1.84. The van der Waals surface area contributed by atoms with Gasteiger partial charge < -0.3 is 14.7 Å². The van der Waals surface area contributed by atoms with E-state index < -0.39 is 0 Å². The molecule has 1 aromatic heterocycles. The molecule has 1 spiro atoms. The summed E-state index contributed by atoms with van der Waals surface area (Å²) in [7, 11) is 1.74. The van der Waals surface area contributed by atoms with Crippen LogP contribution in [0.2, 0.25) is 5.02 Å². The maximum absolute atomic E-state index is 12.9. The summed E-state index contributed by atoms with van der Waals surface area (Å²) in [6.45, 7) is 2.11. The Morgan fingerprint density at radius 3 is 2.82 bits per heavy atom. The maximum atomic E-state index is 12.9. The molecule has 0 saturated carbocycles. The minimum atomic E-state index is -0.185. The molecule has 1 aromatic rings. The molecule has 1 amide bonds. The summed E-state index contributed by atoms with van der Waals surface area (Å²) in [6.07, 6.45) is 5.39. The second kappa shape index (κ2) is 6.18. The van der Waals surface area contributed by atoms with Crippen molar-refractivity contribution in [1.29, 1.82) is 0 Å². The molecule has 1 unspecified atom stereocenters. The highest BCUT2D eigenvalue weighted by Gasteiger charge is 2.43. The Morgan fingerprint density at radius 2 is 2.23 bits per heavy atom. The van der Waals surface area contributed by atoms with Crippen LogP contribution in [0.4, 0.5) is 0 Å². The van der Waals surface area contributed by atoms with Crippen molar-refractivity contribution in [3.63, 3.8) is 0 Å². The minimum absolute atomic E-state index is 0.0250. The fraction of sp³-hybridized carbons (Fsp3) is 0.733. The number of hydrogen-bond acceptors (Lipinski definition) is 4. The first-order valence-corrected chi connectivity index (χ1v) is 8.11. The van der Waals surface area contributed by atoms with E-state index in [4.69, 9.17) is 16.3 Å². The van der Waals surface area contributed by atoms with Gasteiger partial charge in [-0.15, -0.1) is 0 Å². The molecule has 3 heterocycles. The summed E-state index contributed by atoms with van der Waals surface area (Å²) in [5.41, 5.74) is 0.382. The van der Waals surface area contributed by atoms with Crippen LogP contribution in [0.25, 0.3) is 0 Å². The van der Waals surface area contributed by atoms with Crippen LogP contribution < -0.4 is 0 Å². The quantitative estimate of drug-likeness (QED) is 0.893. The van der Waals surface area contributed by atoms with Gasteiger partial charge >= 0.3 is 0 Å². The molecule has 0 radical (unpaired) electrons. The largest absolute Gasteiger partial charge is 0.394 e. The molecule has 0 aromatic carbocycles. The van der Waals surface area contributed by atoms with Crippen LogP contribution >= 0.6 is 11.6 Å². The Morgan fingerprint density at radius 1 is 1.50 bits per heavy atom. The summed E-state index contributed by atoms with van der Waals surface area (Å²) in [6, 6.07) is -0.154. The van der Waals surface area contributed by atoms with E-state index >= 15 is 0 Å². The van der Waals surface area contributed by atoms with Crippen molar-refractivity contribution in [3.8, 4) is 0 Å². The Kier molecular flexibility index (Phi) is 4.43. The lowest BCUT2D eigenvalue weighted by atomic mass is 9.72. The zero-order chi connectivity index (χ0) is 15.7. The van der Waals surface area contributed by atoms with Gasteiger partial charge in [-0.3, -0.25) is 9.48 Å². The number of nitrogens with zero attached hydrogens (tertiary/aromatic N) is 3. The van der Waals surface area contributed by atoms with Gasteiger partial charge in [0, 0.05) is 33.0 Å². The highest BCUT2D eigenvalue weighted by atomic mass is 35.5. The average Bonchev–Trinajstić information content (AvgIpc) is 2.86. The Labute approximate surface area is 135 Å². The molecule has 1 atom stereocenters. The van der Waals surface area contributed by atoms with Gasteiger partial charge in [0.1, 0.15) is 0 Å². The summed E-state index contributed by atoms with van der Waals surface area (Å²) in [5, 5.41) is 14.2. The summed E-state index contributed by atoms with van der Waals surface area (Å²) in [5.74, 6) is -0.185. The van der Waals surface area contributed by atoms with Crippen LogP contribution in [0, 0.1) is 5.41 Å². The number of aliphatic hydroxyl groups is 1. The van der Waals surface area contributed by atoms with E-state index in [2.05, 4.69) is 5.10 Å². The number of amides is 1. The van der Waals surface area contributed by atoms with E-state index in [0.29, 0.717) is 11.6 Å². The van der Waals surface area contributed by atoms with Gasteiger partial charge in [-0.05, 0) is 31.1 Å². The molecule has 2 saturated heterocycles. The first-order chi connectivity index (χ1) is 10.5. The van der Waals surface area contributed by atoms with Gasteiger partial charge in [-0.1, -0.05) is 11.6 Å². The Hall–Kier alpha value is -1.11. The third-order valence-corrected chi connectivity index (χ3v) is 5.24. The van der Waals surface area contributed by atoms with Crippen molar-refractivity contribution < 1.29 is 14.6 Å². The third-order valence-electron chi connectivity index (χ3n) is 4.97. The number of piperidine rings is 1. The lowest BCUT2D eigenvalue weighted by Crippen LogP contribution is -2.54. The summed E-state index contributed by atoms with van der Waals surface area (Å²) < 4.78 is 7.00. The zero-order valence-corrected chi connectivity index (χ0v) is 13.6. The normalized spacial score (nSPS) is 24.7. The van der Waals surface area contributed by atoms with Crippen LogP contribution in [-0.4, -0.2) is 58.1 Å². The van der Waals surface area contributed by atoms with E-state index in [1.165, 1.54) is 4.68 Å². The van der Waals surface area contributed by atoms with Gasteiger partial charge in [-0.25, -0.2) is 0 Å². The van der Waals surface area contributed by atoms with E-state index in [1.807, 2.05) is 0 Å². The van der Waals surface area contributed by atoms with Crippen LogP contribution in [0.15, 0.2) is 6.20 Å². The van der Waals surface area contributed by atoms with Crippen LogP contribution in [0.1, 0.15) is 36.2 Å². The van der Waals surface area contributed by atoms with E-state index in [-0.39, 0.29) is 29.7 Å². The average molecular weight is 328 g/mol. The molecule has 6 nitrogen and oxygen atoms in total. The maximum Gasteiger partial charge on any atom is 0.276 e. The number of aromatic nitrogens is 2. The Bertz CT molecular complexity index is 554. The number of aliphatic hydroxyl groups excluding tert-OH is 1. The molecule has 2 aliphatic rings. The van der Waals surface area contributed by atoms with Gasteiger partial charge in [0.25, 0.3) is 5.91 Å². The molecule has 2 aliphatic heterocycles. The topological polar surface area (TPSA) is 67.6 Å². The van der Waals surface area contributed by atoms with Gasteiger partial charge in [0.2, 0.25) is 0 Å². The molecule has 3 rings (SSSR count). The molecule has 2 fully saturated rings. The first kappa shape index (κ1) is 15.8. The number of hydrogen-bond donors (Lipinski definition) is 1. The molecule has 7 heteroatoms. The van der Waals surface area contributed by atoms with E-state index in [9.17, 15) is 9.90 Å². The van der Waals surface area contributed by atoms with Gasteiger partial charge in [-0.2, -0.15) is 5.10 Å². The predicted molar refractivity (Wildman–Crippen MR) is 81.8 cm³/mol. The lowest BCUT2D eigenvalue weighted by molar-refractivity contribution is -0.0437. The summed E-state index contributed by atoms with van der Waals surface area (Å²) >= 11 is 6.11. The van der Waals surface area contributed by atoms with Crippen molar-refractivity contribution in [3.05, 3.63) is 16.9 Å². The van der Waals surface area contributed by atoms with E-state index in [1.54, 1.807) is 18.1 Å². The standard InChI is InChI=1S/C15H22ClN3O3/c1-18-8-12(16)13(17-18)14(21)19-10-15(3-2-11(19)9-20)4-6-22-7-5-15/h8,11,20H,2-7,9-10H2,1H3. The molecule has 22 heavy (non-hydrogen) atoms. The second-order valence-electron chi connectivity index (χ2n) is 6.42. The molecule has 122 valence electrons. The van der Waals surface area contributed by atoms with Gasteiger partial charge in [0.15, 0.2) is 5.69 Å². The number of halogens is 1. The van der Waals surface area contributed by atoms with Crippen molar-refractivity contribution in [2.24, 2.45) is 12.5 Å². The molecule has 0 bridgehead atoms. The number of carbonyl (C=O) groups excluding carboxylic acids is 1. The second-order valence-corrected chi connectivity index (χ2v) is 6.83. The van der Waals surface area contributed by atoms with Crippen LogP contribution in [-0.2, 0) is 11.8 Å². The monoisotopic (exact) mass is 327 g/mol. The van der Waals surface area contributed by atoms with Crippen molar-refractivity contribution in [2.45, 2.75) is 31.7 Å². The van der Waals surface area contributed by atoms with E-state index in [0.717, 1.165) is 38.9 Å². The number of likely N-dealkylation sites (tertiary alicyclic amines) is 1. The smallest absolute Gasteiger partial charge is 0.276 e. The number of ether oxygens (including phenoxy) is 1. The highest BCUT2D eigenvalue weighted by molar-refractivity contribution is 6.33. The summed E-state index contributed by atoms with van der Waals surface area (Å²) in [4.78, 5) is 14.6. The van der Waals surface area contributed by atoms with Crippen molar-refractivity contribution >= 4 is 17.5 Å². The number of carbonyl (C=O) groups is 1. The van der Waals surface area contributed by atoms with Crippen molar-refractivity contribution in [2.75, 3.05) is 26.4 Å². The fourth-order valence-corrected chi connectivity index (χ4v) is 3.84. The third kappa shape index (κ3) is 2.87. The minimum Gasteiger partial charge on any atom is -0.394 e. The molecular weight excluding hydrogens is 306 g/mol.